The second-order valence-corrected chi connectivity index (χ2v) is 7.23. The molecule has 0 aliphatic rings. The van der Waals surface area contributed by atoms with Crippen molar-refractivity contribution in [3.8, 4) is 0 Å². The number of sulfone groups is 1. The fraction of sp³-hybridized carbons (Fsp3) is 1.00. The summed E-state index contributed by atoms with van der Waals surface area (Å²) in [5.41, 5.74) is 0. The van der Waals surface area contributed by atoms with Gasteiger partial charge in [0.25, 0.3) is 0 Å². The first-order valence-corrected chi connectivity index (χ1v) is 8.30. The second-order valence-electron chi connectivity index (χ2n) is 4.97. The molecule has 5 heteroatoms. The molecule has 0 spiro atoms. The van der Waals surface area contributed by atoms with Gasteiger partial charge in [0.15, 0.2) is 0 Å². The lowest BCUT2D eigenvalue weighted by Gasteiger charge is -2.21. The van der Waals surface area contributed by atoms with Crippen LogP contribution in [0.25, 0.3) is 0 Å². The van der Waals surface area contributed by atoms with Crippen molar-refractivity contribution in [3.05, 3.63) is 0 Å². The summed E-state index contributed by atoms with van der Waals surface area (Å²) in [6, 6.07) is 0. The zero-order chi connectivity index (χ0) is 13.3. The lowest BCUT2D eigenvalue weighted by atomic mass is 9.91. The molecule has 0 fully saturated rings. The molecule has 1 unspecified atom stereocenters. The maximum atomic E-state index is 11.0. The summed E-state index contributed by atoms with van der Waals surface area (Å²) < 4.78 is 27.1. The predicted octanol–water partition coefficient (Wildman–Crippen LogP) is 1.32. The third-order valence-electron chi connectivity index (χ3n) is 2.92. The SMILES string of the molecule is COCCNCC(CCCS(C)(=O)=O)C(C)C. The van der Waals surface area contributed by atoms with Crippen molar-refractivity contribution in [1.29, 1.82) is 0 Å². The van der Waals surface area contributed by atoms with Crippen molar-refractivity contribution in [1.82, 2.24) is 5.32 Å². The molecule has 0 aliphatic carbocycles. The van der Waals surface area contributed by atoms with Crippen molar-refractivity contribution in [2.75, 3.05) is 38.8 Å². The van der Waals surface area contributed by atoms with Gasteiger partial charge in [-0.1, -0.05) is 13.8 Å². The maximum Gasteiger partial charge on any atom is 0.147 e. The first-order valence-electron chi connectivity index (χ1n) is 6.24. The largest absolute Gasteiger partial charge is 0.383 e. The van der Waals surface area contributed by atoms with Gasteiger partial charge in [0.1, 0.15) is 9.84 Å². The number of ether oxygens (including phenoxy) is 1. The topological polar surface area (TPSA) is 55.4 Å². The summed E-state index contributed by atoms with van der Waals surface area (Å²) in [6.07, 6.45) is 3.02. The summed E-state index contributed by atoms with van der Waals surface area (Å²) in [5, 5.41) is 3.34. The number of nitrogens with one attached hydrogen (secondary N) is 1. The molecule has 104 valence electrons. The molecule has 0 aliphatic heterocycles. The molecule has 0 radical (unpaired) electrons. The highest BCUT2D eigenvalue weighted by molar-refractivity contribution is 7.90. The van der Waals surface area contributed by atoms with Crippen LogP contribution in [0.5, 0.6) is 0 Å². The summed E-state index contributed by atoms with van der Waals surface area (Å²) in [5.74, 6) is 1.41. The highest BCUT2D eigenvalue weighted by Crippen LogP contribution is 2.16. The molecule has 17 heavy (non-hydrogen) atoms. The quantitative estimate of drug-likeness (QED) is 0.605. The van der Waals surface area contributed by atoms with Gasteiger partial charge in [0, 0.05) is 25.7 Å². The minimum absolute atomic E-state index is 0.300. The van der Waals surface area contributed by atoms with E-state index in [2.05, 4.69) is 19.2 Å². The first kappa shape index (κ1) is 16.9. The van der Waals surface area contributed by atoms with Crippen LogP contribution in [-0.4, -0.2) is 47.2 Å². The van der Waals surface area contributed by atoms with Gasteiger partial charge in [-0.2, -0.15) is 0 Å². The van der Waals surface area contributed by atoms with E-state index in [-0.39, 0.29) is 0 Å². The van der Waals surface area contributed by atoms with Crippen LogP contribution in [0, 0.1) is 11.8 Å². The Morgan fingerprint density at radius 2 is 1.94 bits per heavy atom. The van der Waals surface area contributed by atoms with Crippen molar-refractivity contribution in [2.45, 2.75) is 26.7 Å². The Hall–Kier alpha value is -0.130. The molecular formula is C12H27NO3S. The molecule has 0 saturated heterocycles. The Morgan fingerprint density at radius 3 is 2.41 bits per heavy atom. The molecule has 0 saturated carbocycles. The molecule has 0 rings (SSSR count). The highest BCUT2D eigenvalue weighted by atomic mass is 32.2. The van der Waals surface area contributed by atoms with Crippen LogP contribution in [0.1, 0.15) is 26.7 Å². The van der Waals surface area contributed by atoms with Gasteiger partial charge < -0.3 is 10.1 Å². The Labute approximate surface area is 106 Å². The minimum atomic E-state index is -2.82. The van der Waals surface area contributed by atoms with Gasteiger partial charge in [0.2, 0.25) is 0 Å². The van der Waals surface area contributed by atoms with Crippen LogP contribution in [0.15, 0.2) is 0 Å². The number of rotatable bonds is 10. The maximum absolute atomic E-state index is 11.0. The molecule has 0 aromatic carbocycles. The molecule has 4 nitrogen and oxygen atoms in total. The van der Waals surface area contributed by atoms with Gasteiger partial charge >= 0.3 is 0 Å². The lowest BCUT2D eigenvalue weighted by Crippen LogP contribution is -2.29. The summed E-state index contributed by atoms with van der Waals surface area (Å²) >= 11 is 0. The molecular weight excluding hydrogens is 238 g/mol. The van der Waals surface area contributed by atoms with Crippen LogP contribution >= 0.6 is 0 Å². The second kappa shape index (κ2) is 8.89. The Kier molecular flexibility index (Phi) is 8.82. The van der Waals surface area contributed by atoms with E-state index in [4.69, 9.17) is 4.74 Å². The average molecular weight is 265 g/mol. The third kappa shape index (κ3) is 10.7. The van der Waals surface area contributed by atoms with E-state index in [0.29, 0.717) is 24.2 Å². The van der Waals surface area contributed by atoms with E-state index in [1.807, 2.05) is 0 Å². The molecule has 0 bridgehead atoms. The minimum Gasteiger partial charge on any atom is -0.383 e. The normalized spacial score (nSPS) is 14.2. The lowest BCUT2D eigenvalue weighted by molar-refractivity contribution is 0.195. The van der Waals surface area contributed by atoms with Crippen LogP contribution in [0.2, 0.25) is 0 Å². The van der Waals surface area contributed by atoms with Gasteiger partial charge in [-0.3, -0.25) is 0 Å². The summed E-state index contributed by atoms with van der Waals surface area (Å²) in [7, 11) is -1.13. The van der Waals surface area contributed by atoms with Crippen LogP contribution in [-0.2, 0) is 14.6 Å². The Morgan fingerprint density at radius 1 is 1.29 bits per heavy atom. The van der Waals surface area contributed by atoms with Crippen LogP contribution in [0.3, 0.4) is 0 Å². The zero-order valence-electron chi connectivity index (χ0n) is 11.5. The van der Waals surface area contributed by atoms with Crippen molar-refractivity contribution >= 4 is 9.84 Å². The molecule has 0 aromatic heterocycles. The number of hydrogen-bond donors (Lipinski definition) is 1. The van der Waals surface area contributed by atoms with E-state index in [0.717, 1.165) is 25.9 Å². The fourth-order valence-electron chi connectivity index (χ4n) is 1.74. The molecule has 0 heterocycles. The van der Waals surface area contributed by atoms with E-state index in [1.54, 1.807) is 7.11 Å². The molecule has 0 amide bonds. The van der Waals surface area contributed by atoms with Gasteiger partial charge in [-0.05, 0) is 31.2 Å². The van der Waals surface area contributed by atoms with E-state index in [9.17, 15) is 8.42 Å². The Bertz CT molecular complexity index is 275. The third-order valence-corrected chi connectivity index (χ3v) is 3.95. The standard InChI is InChI=1S/C12H27NO3S/c1-11(2)12(10-13-7-8-16-3)6-5-9-17(4,14)15/h11-13H,5-10H2,1-4H3. The summed E-state index contributed by atoms with van der Waals surface area (Å²) in [6.45, 7) is 6.87. The van der Waals surface area contributed by atoms with Crippen molar-refractivity contribution < 1.29 is 13.2 Å². The van der Waals surface area contributed by atoms with E-state index in [1.165, 1.54) is 6.26 Å². The monoisotopic (exact) mass is 265 g/mol. The predicted molar refractivity (Wildman–Crippen MR) is 72.0 cm³/mol. The molecule has 1 atom stereocenters. The molecule has 1 N–H and O–H groups in total. The van der Waals surface area contributed by atoms with Crippen molar-refractivity contribution in [3.63, 3.8) is 0 Å². The zero-order valence-corrected chi connectivity index (χ0v) is 12.3. The molecule has 0 aromatic rings. The summed E-state index contributed by atoms with van der Waals surface area (Å²) in [4.78, 5) is 0. The van der Waals surface area contributed by atoms with Gasteiger partial charge in [-0.25, -0.2) is 8.42 Å². The van der Waals surface area contributed by atoms with Gasteiger partial charge in [-0.15, -0.1) is 0 Å². The van der Waals surface area contributed by atoms with E-state index < -0.39 is 9.84 Å². The average Bonchev–Trinajstić information content (AvgIpc) is 2.19. The van der Waals surface area contributed by atoms with Crippen molar-refractivity contribution in [2.24, 2.45) is 11.8 Å². The Balaban J connectivity index is 3.83. The fourth-order valence-corrected chi connectivity index (χ4v) is 2.43. The van der Waals surface area contributed by atoms with Gasteiger partial charge in [0.05, 0.1) is 6.61 Å². The van der Waals surface area contributed by atoms with Crippen LogP contribution in [0.4, 0.5) is 0 Å². The smallest absolute Gasteiger partial charge is 0.147 e. The highest BCUT2D eigenvalue weighted by Gasteiger charge is 2.13. The first-order chi connectivity index (χ1) is 7.87. The number of hydrogen-bond acceptors (Lipinski definition) is 4. The number of methoxy groups -OCH3 is 1. The van der Waals surface area contributed by atoms with E-state index >= 15 is 0 Å². The van der Waals surface area contributed by atoms with Crippen LogP contribution < -0.4 is 5.32 Å².